The van der Waals surface area contributed by atoms with Crippen LogP contribution in [0.5, 0.6) is 5.75 Å². The third kappa shape index (κ3) is 3.84. The van der Waals surface area contributed by atoms with Gasteiger partial charge in [0, 0.05) is 17.0 Å². The van der Waals surface area contributed by atoms with E-state index in [2.05, 4.69) is 63.4 Å². The first-order valence-corrected chi connectivity index (χ1v) is 13.4. The first-order valence-electron chi connectivity index (χ1n) is 11.3. The van der Waals surface area contributed by atoms with Gasteiger partial charge in [0.05, 0.1) is 19.4 Å². The summed E-state index contributed by atoms with van der Waals surface area (Å²) in [5, 5.41) is 23.6. The van der Waals surface area contributed by atoms with Crippen molar-refractivity contribution < 1.29 is 19.7 Å². The number of aliphatic hydroxyl groups is 1. The van der Waals surface area contributed by atoms with Crippen molar-refractivity contribution in [1.82, 2.24) is 14.5 Å². The van der Waals surface area contributed by atoms with Crippen molar-refractivity contribution in [3.05, 3.63) is 24.0 Å². The predicted molar refractivity (Wildman–Crippen MR) is 125 cm³/mol. The van der Waals surface area contributed by atoms with Crippen LogP contribution < -0.4 is 10.1 Å². The molecule has 2 aromatic heterocycles. The lowest BCUT2D eigenvalue weighted by molar-refractivity contribution is 0.0405. The molecule has 1 aliphatic rings. The van der Waals surface area contributed by atoms with E-state index >= 15 is 0 Å². The SMILES string of the molecule is COc1cnc2c(ccn2[Si](C(C)C)(C(C)C)C(C)C)c1C(O)C1CC(NC(=O)O)C1. The van der Waals surface area contributed by atoms with Gasteiger partial charge in [-0.15, -0.1) is 0 Å². The number of ether oxygens (including phenoxy) is 1. The number of pyridine rings is 1. The molecule has 0 saturated heterocycles. The minimum atomic E-state index is -2.00. The van der Waals surface area contributed by atoms with Crippen molar-refractivity contribution in [3.8, 4) is 5.75 Å². The molecule has 0 aliphatic heterocycles. The number of hydrogen-bond acceptors (Lipinski definition) is 4. The fourth-order valence-electron chi connectivity index (χ4n) is 6.15. The fourth-order valence-corrected chi connectivity index (χ4v) is 12.7. The number of carbonyl (C=O) groups is 1. The van der Waals surface area contributed by atoms with Crippen LogP contribution in [0.1, 0.15) is 66.1 Å². The molecule has 1 saturated carbocycles. The van der Waals surface area contributed by atoms with Gasteiger partial charge in [-0.1, -0.05) is 41.5 Å². The van der Waals surface area contributed by atoms with E-state index in [0.717, 1.165) is 16.6 Å². The van der Waals surface area contributed by atoms with Crippen molar-refractivity contribution in [2.75, 3.05) is 7.11 Å². The summed E-state index contributed by atoms with van der Waals surface area (Å²) in [6.07, 6.45) is 3.37. The topological polar surface area (TPSA) is 96.6 Å². The van der Waals surface area contributed by atoms with Crippen molar-refractivity contribution in [2.45, 2.75) is 83.2 Å². The Hall–Kier alpha value is -2.06. The monoisotopic (exact) mass is 447 g/mol. The van der Waals surface area contributed by atoms with Crippen LogP contribution in [0.15, 0.2) is 18.5 Å². The normalized spacial score (nSPS) is 20.4. The van der Waals surface area contributed by atoms with Crippen LogP contribution in [0.4, 0.5) is 4.79 Å². The number of aliphatic hydroxyl groups excluding tert-OH is 1. The molecule has 2 heterocycles. The number of rotatable bonds is 8. The highest BCUT2D eigenvalue weighted by Crippen LogP contribution is 2.47. The second-order valence-corrected chi connectivity index (χ2v) is 15.6. The van der Waals surface area contributed by atoms with Crippen LogP contribution in [-0.4, -0.2) is 46.9 Å². The zero-order chi connectivity index (χ0) is 23.1. The second kappa shape index (κ2) is 8.82. The molecule has 1 unspecified atom stereocenters. The first kappa shape index (κ1) is 23.6. The van der Waals surface area contributed by atoms with E-state index in [1.165, 1.54) is 0 Å². The molecular weight excluding hydrogens is 410 g/mol. The molecule has 0 radical (unpaired) electrons. The summed E-state index contributed by atoms with van der Waals surface area (Å²) in [4.78, 5) is 15.7. The van der Waals surface area contributed by atoms with Crippen LogP contribution in [0, 0.1) is 5.92 Å². The zero-order valence-electron chi connectivity index (χ0n) is 19.7. The number of fused-ring (bicyclic) bond motifs is 1. The van der Waals surface area contributed by atoms with E-state index in [1.54, 1.807) is 13.3 Å². The van der Waals surface area contributed by atoms with Gasteiger partial charge in [0.15, 0.2) is 8.24 Å². The summed E-state index contributed by atoms with van der Waals surface area (Å²) in [5.74, 6) is 0.570. The first-order chi connectivity index (χ1) is 14.5. The molecule has 3 N–H and O–H groups in total. The van der Waals surface area contributed by atoms with E-state index < -0.39 is 20.4 Å². The number of nitrogens with zero attached hydrogens (tertiary/aromatic N) is 2. The molecule has 7 nitrogen and oxygen atoms in total. The number of aromatic nitrogens is 2. The van der Waals surface area contributed by atoms with Gasteiger partial charge < -0.3 is 24.5 Å². The number of carboxylic acid groups (broad SMARTS) is 1. The van der Waals surface area contributed by atoms with Crippen molar-refractivity contribution in [2.24, 2.45) is 5.92 Å². The maximum absolute atomic E-state index is 11.3. The van der Waals surface area contributed by atoms with E-state index in [4.69, 9.17) is 14.8 Å². The molecule has 2 aromatic rings. The lowest BCUT2D eigenvalue weighted by Gasteiger charge is -2.44. The quantitative estimate of drug-likeness (QED) is 0.486. The molecule has 0 spiro atoms. The zero-order valence-corrected chi connectivity index (χ0v) is 20.7. The Labute approximate surface area is 185 Å². The number of methoxy groups -OCH3 is 1. The highest BCUT2D eigenvalue weighted by Gasteiger charge is 2.46. The summed E-state index contributed by atoms with van der Waals surface area (Å²) in [7, 11) is -0.397. The standard InChI is InChI=1S/C23H37N3O4Si/c1-13(2)31(14(3)4,15(5)6)26-9-8-18-20(19(30-7)12-24-22(18)26)21(27)16-10-17(11-16)25-23(28)29/h8-9,12-17,21,25,27H,10-11H2,1-7H3,(H,28,29). The lowest BCUT2D eigenvalue weighted by atomic mass is 9.74. The maximum Gasteiger partial charge on any atom is 0.404 e. The van der Waals surface area contributed by atoms with Crippen LogP contribution in [0.25, 0.3) is 11.0 Å². The third-order valence-corrected chi connectivity index (χ3v) is 14.1. The van der Waals surface area contributed by atoms with E-state index in [-0.39, 0.29) is 12.0 Å². The summed E-state index contributed by atoms with van der Waals surface area (Å²) >= 11 is 0. The van der Waals surface area contributed by atoms with Gasteiger partial charge in [0.1, 0.15) is 11.4 Å². The predicted octanol–water partition coefficient (Wildman–Crippen LogP) is 5.15. The maximum atomic E-state index is 11.3. The van der Waals surface area contributed by atoms with E-state index in [0.29, 0.717) is 35.2 Å². The van der Waals surface area contributed by atoms with Gasteiger partial charge in [0.25, 0.3) is 0 Å². The molecule has 3 rings (SSSR count). The summed E-state index contributed by atoms with van der Waals surface area (Å²) < 4.78 is 8.03. The average Bonchev–Trinajstić information content (AvgIpc) is 3.06. The van der Waals surface area contributed by atoms with Crippen LogP contribution in [0.3, 0.4) is 0 Å². The van der Waals surface area contributed by atoms with Crippen molar-refractivity contribution >= 4 is 25.4 Å². The highest BCUT2D eigenvalue weighted by atomic mass is 28.3. The van der Waals surface area contributed by atoms with Crippen LogP contribution in [-0.2, 0) is 0 Å². The molecule has 1 fully saturated rings. The lowest BCUT2D eigenvalue weighted by Crippen LogP contribution is -2.51. The Kier molecular flexibility index (Phi) is 6.71. The van der Waals surface area contributed by atoms with Crippen molar-refractivity contribution in [1.29, 1.82) is 0 Å². The Morgan fingerprint density at radius 1 is 1.19 bits per heavy atom. The fraction of sp³-hybridized carbons (Fsp3) is 0.652. The van der Waals surface area contributed by atoms with Crippen LogP contribution >= 0.6 is 0 Å². The Bertz CT molecular complexity index is 913. The van der Waals surface area contributed by atoms with Gasteiger partial charge in [-0.2, -0.15) is 0 Å². The molecule has 1 amide bonds. The number of nitrogens with one attached hydrogen (secondary N) is 1. The van der Waals surface area contributed by atoms with Crippen LogP contribution in [0.2, 0.25) is 16.6 Å². The van der Waals surface area contributed by atoms with E-state index in [1.807, 2.05) is 0 Å². The highest BCUT2D eigenvalue weighted by molar-refractivity contribution is 6.82. The van der Waals surface area contributed by atoms with Gasteiger partial charge in [0.2, 0.25) is 0 Å². The average molecular weight is 448 g/mol. The summed E-state index contributed by atoms with van der Waals surface area (Å²) in [6.45, 7) is 13.9. The minimum absolute atomic E-state index is 0.0120. The van der Waals surface area contributed by atoms with Gasteiger partial charge >= 0.3 is 6.09 Å². The third-order valence-electron chi connectivity index (χ3n) is 7.38. The molecule has 172 valence electrons. The Morgan fingerprint density at radius 2 is 1.77 bits per heavy atom. The molecule has 8 heteroatoms. The molecule has 1 atom stereocenters. The van der Waals surface area contributed by atoms with Gasteiger partial charge in [-0.05, 0) is 47.6 Å². The second-order valence-electron chi connectivity index (χ2n) is 9.84. The Balaban J connectivity index is 2.08. The smallest absolute Gasteiger partial charge is 0.404 e. The van der Waals surface area contributed by atoms with Gasteiger partial charge in [-0.25, -0.2) is 9.78 Å². The van der Waals surface area contributed by atoms with E-state index in [9.17, 15) is 9.90 Å². The molecule has 0 bridgehead atoms. The summed E-state index contributed by atoms with van der Waals surface area (Å²) in [5.41, 5.74) is 3.25. The number of hydrogen-bond donors (Lipinski definition) is 3. The molecular formula is C23H37N3O4Si. The van der Waals surface area contributed by atoms with Gasteiger partial charge in [-0.3, -0.25) is 0 Å². The molecule has 1 aliphatic carbocycles. The number of amides is 1. The Morgan fingerprint density at radius 3 is 2.26 bits per heavy atom. The molecule has 31 heavy (non-hydrogen) atoms. The van der Waals surface area contributed by atoms with Crippen molar-refractivity contribution in [3.63, 3.8) is 0 Å². The largest absolute Gasteiger partial charge is 0.495 e. The molecule has 0 aromatic carbocycles. The summed E-state index contributed by atoms with van der Waals surface area (Å²) in [6, 6.07) is 1.97. The minimum Gasteiger partial charge on any atom is -0.495 e.